The first-order chi connectivity index (χ1) is 13.8. The van der Waals surface area contributed by atoms with E-state index in [1.165, 1.54) is 43.9 Å². The largest absolute Gasteiger partial charge is 0.429 e. The number of ether oxygens (including phenoxy) is 1. The second-order valence-corrected chi connectivity index (χ2v) is 7.85. The summed E-state index contributed by atoms with van der Waals surface area (Å²) >= 11 is 0. The average molecular weight is 405 g/mol. The van der Waals surface area contributed by atoms with Gasteiger partial charge < -0.3 is 4.74 Å². The summed E-state index contributed by atoms with van der Waals surface area (Å²) in [6.07, 6.45) is 3.04. The molecule has 29 heavy (non-hydrogen) atoms. The first kappa shape index (κ1) is 21.2. The van der Waals surface area contributed by atoms with Gasteiger partial charge in [0.2, 0.25) is 0 Å². The Labute approximate surface area is 168 Å². The van der Waals surface area contributed by atoms with Gasteiger partial charge in [0.05, 0.1) is 5.56 Å². The molecule has 1 aliphatic carbocycles. The fraction of sp³-hybridized carbons (Fsp3) is 0.435. The maximum absolute atomic E-state index is 14.3. The Kier molecular flexibility index (Phi) is 6.46. The number of hydrogen-bond donors (Lipinski definition) is 0. The molecule has 1 aliphatic rings. The van der Waals surface area contributed by atoms with E-state index in [1.54, 1.807) is 12.1 Å². The van der Waals surface area contributed by atoms with Gasteiger partial charge in [0.1, 0.15) is 29.0 Å². The van der Waals surface area contributed by atoms with Crippen LogP contribution in [0.5, 0.6) is 5.75 Å². The maximum atomic E-state index is 14.3. The third-order valence-corrected chi connectivity index (χ3v) is 5.64. The predicted molar refractivity (Wildman–Crippen MR) is 101 cm³/mol. The fourth-order valence-electron chi connectivity index (χ4n) is 3.77. The Hall–Kier alpha value is -2.55. The summed E-state index contributed by atoms with van der Waals surface area (Å²) in [7, 11) is 0. The van der Waals surface area contributed by atoms with Crippen molar-refractivity contribution in [2.45, 2.75) is 51.6 Å². The van der Waals surface area contributed by atoms with E-state index in [0.29, 0.717) is 18.1 Å². The molecule has 0 spiro atoms. The Morgan fingerprint density at radius 2 is 1.62 bits per heavy atom. The van der Waals surface area contributed by atoms with E-state index in [0.717, 1.165) is 24.3 Å². The van der Waals surface area contributed by atoms with Crippen molar-refractivity contribution < 1.29 is 22.3 Å². The van der Waals surface area contributed by atoms with Crippen LogP contribution < -0.4 is 4.74 Å². The highest BCUT2D eigenvalue weighted by atomic mass is 19.3. The van der Waals surface area contributed by atoms with Gasteiger partial charge in [0.25, 0.3) is 0 Å². The van der Waals surface area contributed by atoms with Gasteiger partial charge in [0.15, 0.2) is 0 Å². The molecule has 3 rings (SSSR count). The van der Waals surface area contributed by atoms with Crippen LogP contribution in [0.15, 0.2) is 36.4 Å². The second kappa shape index (κ2) is 8.86. The minimum Gasteiger partial charge on any atom is -0.429 e. The fourth-order valence-corrected chi connectivity index (χ4v) is 3.77. The predicted octanol–water partition coefficient (Wildman–Crippen LogP) is 6.72. The lowest BCUT2D eigenvalue weighted by molar-refractivity contribution is -0.185. The number of rotatable bonds is 6. The van der Waals surface area contributed by atoms with Gasteiger partial charge in [-0.1, -0.05) is 44.7 Å². The highest BCUT2D eigenvalue weighted by Crippen LogP contribution is 2.34. The summed E-state index contributed by atoms with van der Waals surface area (Å²) in [5.74, 6) is -1.28. The third kappa shape index (κ3) is 5.29. The lowest BCUT2D eigenvalue weighted by atomic mass is 9.80. The van der Waals surface area contributed by atoms with Crippen LogP contribution in [-0.2, 0) is 12.5 Å². The molecule has 0 unspecified atom stereocenters. The highest BCUT2D eigenvalue weighted by Gasteiger charge is 2.36. The van der Waals surface area contributed by atoms with Crippen molar-refractivity contribution in [2.75, 3.05) is 0 Å². The van der Waals surface area contributed by atoms with Crippen molar-refractivity contribution in [1.82, 2.24) is 0 Å². The number of aryl methyl sites for hydroxylation is 1. The number of benzene rings is 2. The molecule has 0 atom stereocenters. The first-order valence-corrected chi connectivity index (χ1v) is 9.84. The van der Waals surface area contributed by atoms with Crippen molar-refractivity contribution in [3.63, 3.8) is 0 Å². The number of nitrogens with zero attached hydrogens (tertiary/aromatic N) is 1. The van der Waals surface area contributed by atoms with Crippen LogP contribution in [0.25, 0.3) is 0 Å². The van der Waals surface area contributed by atoms with E-state index in [1.807, 2.05) is 0 Å². The molecule has 154 valence electrons. The molecule has 2 aromatic carbocycles. The zero-order valence-electron chi connectivity index (χ0n) is 16.2. The number of hydrogen-bond acceptors (Lipinski definition) is 2. The lowest BCUT2D eigenvalue weighted by Crippen LogP contribution is -2.22. The van der Waals surface area contributed by atoms with Gasteiger partial charge in [-0.15, -0.1) is 0 Å². The average Bonchev–Trinajstić information content (AvgIpc) is 2.68. The van der Waals surface area contributed by atoms with E-state index < -0.39 is 28.9 Å². The molecular formula is C23H23F4NO. The van der Waals surface area contributed by atoms with Crippen LogP contribution in [0.2, 0.25) is 0 Å². The van der Waals surface area contributed by atoms with Gasteiger partial charge in [-0.3, -0.25) is 0 Å². The SMILES string of the molecule is CC1CCC(CCc2ccc(OC(F)(F)c3cc(F)c(C#N)c(F)c3)cc2)CC1. The molecule has 0 N–H and O–H groups in total. The standard InChI is InChI=1S/C23H23F4NO/c1-15-2-4-16(5-3-15)6-7-17-8-10-19(11-9-17)29-23(26,27)18-12-21(24)20(14-28)22(25)13-18/h8-13,15-16H,2-7H2,1H3. The molecule has 0 aromatic heterocycles. The first-order valence-electron chi connectivity index (χ1n) is 9.84. The van der Waals surface area contributed by atoms with Crippen molar-refractivity contribution in [3.05, 3.63) is 64.7 Å². The molecule has 0 bridgehead atoms. The van der Waals surface area contributed by atoms with Gasteiger partial charge in [-0.05, 0) is 54.5 Å². The summed E-state index contributed by atoms with van der Waals surface area (Å²) in [5, 5.41) is 8.64. The Morgan fingerprint density at radius 3 is 2.17 bits per heavy atom. The zero-order chi connectivity index (χ0) is 21.0. The van der Waals surface area contributed by atoms with Gasteiger partial charge in [0, 0.05) is 0 Å². The van der Waals surface area contributed by atoms with Crippen molar-refractivity contribution in [1.29, 1.82) is 5.26 Å². The topological polar surface area (TPSA) is 33.0 Å². The maximum Gasteiger partial charge on any atom is 0.426 e. The van der Waals surface area contributed by atoms with E-state index in [4.69, 9.17) is 5.26 Å². The summed E-state index contributed by atoms with van der Waals surface area (Å²) in [6, 6.07) is 8.47. The van der Waals surface area contributed by atoms with E-state index >= 15 is 0 Å². The minimum atomic E-state index is -3.93. The van der Waals surface area contributed by atoms with Crippen molar-refractivity contribution in [2.24, 2.45) is 11.8 Å². The van der Waals surface area contributed by atoms with Gasteiger partial charge >= 0.3 is 6.11 Å². The van der Waals surface area contributed by atoms with Crippen LogP contribution in [0.1, 0.15) is 55.7 Å². The van der Waals surface area contributed by atoms with Crippen molar-refractivity contribution >= 4 is 0 Å². The molecule has 1 saturated carbocycles. The molecule has 2 nitrogen and oxygen atoms in total. The molecule has 1 fully saturated rings. The molecule has 0 radical (unpaired) electrons. The summed E-state index contributed by atoms with van der Waals surface area (Å²) in [5.41, 5.74) is -0.849. The summed E-state index contributed by atoms with van der Waals surface area (Å²) < 4.78 is 60.6. The van der Waals surface area contributed by atoms with Crippen LogP contribution in [0.4, 0.5) is 17.6 Å². The van der Waals surface area contributed by atoms with Crippen LogP contribution >= 0.6 is 0 Å². The number of alkyl halides is 2. The monoisotopic (exact) mass is 405 g/mol. The molecular weight excluding hydrogens is 382 g/mol. The van der Waals surface area contributed by atoms with Crippen LogP contribution in [0, 0.1) is 34.8 Å². The minimum absolute atomic E-state index is 0.101. The summed E-state index contributed by atoms with van der Waals surface area (Å²) in [6.45, 7) is 2.28. The molecule has 2 aromatic rings. The van der Waals surface area contributed by atoms with E-state index in [-0.39, 0.29) is 5.75 Å². The van der Waals surface area contributed by atoms with Gasteiger partial charge in [-0.25, -0.2) is 8.78 Å². The van der Waals surface area contributed by atoms with Gasteiger partial charge in [-0.2, -0.15) is 14.0 Å². The summed E-state index contributed by atoms with van der Waals surface area (Å²) in [4.78, 5) is 0. The smallest absolute Gasteiger partial charge is 0.426 e. The van der Waals surface area contributed by atoms with Crippen LogP contribution in [-0.4, -0.2) is 0 Å². The normalized spacial score (nSPS) is 19.6. The van der Waals surface area contributed by atoms with Crippen LogP contribution in [0.3, 0.4) is 0 Å². The van der Waals surface area contributed by atoms with Crippen molar-refractivity contribution in [3.8, 4) is 11.8 Å². The van der Waals surface area contributed by atoms with E-state index in [9.17, 15) is 17.6 Å². The number of halogens is 4. The molecule has 0 heterocycles. The van der Waals surface area contributed by atoms with E-state index in [2.05, 4.69) is 11.7 Å². The number of nitriles is 1. The Balaban J connectivity index is 1.62. The Morgan fingerprint density at radius 1 is 1.03 bits per heavy atom. The molecule has 6 heteroatoms. The molecule has 0 amide bonds. The quantitative estimate of drug-likeness (QED) is 0.500. The Bertz CT molecular complexity index is 858. The highest BCUT2D eigenvalue weighted by molar-refractivity contribution is 5.37. The lowest BCUT2D eigenvalue weighted by Gasteiger charge is -2.26. The second-order valence-electron chi connectivity index (χ2n) is 7.85. The third-order valence-electron chi connectivity index (χ3n) is 5.64. The molecule has 0 saturated heterocycles. The molecule has 0 aliphatic heterocycles. The zero-order valence-corrected chi connectivity index (χ0v) is 16.2.